The van der Waals surface area contributed by atoms with Gasteiger partial charge in [0.2, 0.25) is 5.95 Å². The van der Waals surface area contributed by atoms with Gasteiger partial charge in [0.1, 0.15) is 17.5 Å². The van der Waals surface area contributed by atoms with Gasteiger partial charge in [-0.2, -0.15) is 4.98 Å². The van der Waals surface area contributed by atoms with Crippen molar-refractivity contribution in [2.75, 3.05) is 39.1 Å². The van der Waals surface area contributed by atoms with Crippen molar-refractivity contribution in [2.45, 2.75) is 13.0 Å². The lowest BCUT2D eigenvalue weighted by Crippen LogP contribution is -2.31. The quantitative estimate of drug-likeness (QED) is 0.333. The molecule has 3 aromatic carbocycles. The molecule has 200 valence electrons. The average molecular weight is 528 g/mol. The molecule has 4 aromatic rings. The highest BCUT2D eigenvalue weighted by atomic mass is 16.5. The van der Waals surface area contributed by atoms with Crippen LogP contribution in [-0.4, -0.2) is 49.1 Å². The van der Waals surface area contributed by atoms with Gasteiger partial charge in [-0.1, -0.05) is 18.2 Å². The van der Waals surface area contributed by atoms with Crippen molar-refractivity contribution in [2.24, 2.45) is 0 Å². The van der Waals surface area contributed by atoms with Crippen LogP contribution in [0.1, 0.15) is 18.5 Å². The lowest BCUT2D eigenvalue weighted by atomic mass is 9.93. The van der Waals surface area contributed by atoms with E-state index in [0.29, 0.717) is 51.5 Å². The van der Waals surface area contributed by atoms with Gasteiger partial charge in [0, 0.05) is 28.6 Å². The number of para-hydroxylation sites is 1. The van der Waals surface area contributed by atoms with E-state index in [0.717, 1.165) is 11.3 Å². The lowest BCUT2D eigenvalue weighted by molar-refractivity contribution is -0.113. The molecule has 0 spiro atoms. The number of nitrogens with one attached hydrogen (secondary N) is 2. The van der Waals surface area contributed by atoms with Gasteiger partial charge < -0.3 is 29.6 Å². The van der Waals surface area contributed by atoms with E-state index in [1.807, 2.05) is 61.5 Å². The highest BCUT2D eigenvalue weighted by Crippen LogP contribution is 2.44. The minimum atomic E-state index is -0.695. The molecule has 10 heteroatoms. The second-order valence-electron chi connectivity index (χ2n) is 8.77. The molecular formula is C29H29N5O5. The van der Waals surface area contributed by atoms with E-state index in [1.54, 1.807) is 45.3 Å². The predicted molar refractivity (Wildman–Crippen MR) is 148 cm³/mol. The number of fused-ring (bicyclic) bond motifs is 1. The lowest BCUT2D eigenvalue weighted by Gasteiger charge is -2.30. The van der Waals surface area contributed by atoms with Gasteiger partial charge in [-0.15, -0.1) is 5.10 Å². The van der Waals surface area contributed by atoms with Crippen LogP contribution in [0.25, 0.3) is 11.4 Å². The summed E-state index contributed by atoms with van der Waals surface area (Å²) < 4.78 is 23.8. The molecule has 1 unspecified atom stereocenters. The fourth-order valence-corrected chi connectivity index (χ4v) is 4.58. The van der Waals surface area contributed by atoms with E-state index in [9.17, 15) is 4.79 Å². The molecule has 1 aliphatic rings. The number of anilines is 2. The van der Waals surface area contributed by atoms with Crippen molar-refractivity contribution in [3.8, 4) is 34.4 Å². The van der Waals surface area contributed by atoms with Gasteiger partial charge >= 0.3 is 0 Å². The Kier molecular flexibility index (Phi) is 7.09. The minimum absolute atomic E-state index is 0.291. The summed E-state index contributed by atoms with van der Waals surface area (Å²) in [5, 5.41) is 11.1. The summed E-state index contributed by atoms with van der Waals surface area (Å²) in [6.07, 6.45) is 0. The van der Waals surface area contributed by atoms with E-state index < -0.39 is 6.04 Å². The Balaban J connectivity index is 1.67. The van der Waals surface area contributed by atoms with Crippen molar-refractivity contribution in [1.82, 2.24) is 14.8 Å². The molecule has 5 rings (SSSR count). The Morgan fingerprint density at radius 3 is 2.18 bits per heavy atom. The SMILES string of the molecule is COc1ccc(-c2nc3n(n2)C(c2cc(OC)c(OC)cc2OC)C(C(=O)Nc2ccccc2)=C(C)N3)cc1. The zero-order valence-electron chi connectivity index (χ0n) is 22.3. The number of amides is 1. The van der Waals surface area contributed by atoms with E-state index in [1.165, 1.54) is 0 Å². The Labute approximate surface area is 226 Å². The number of carbonyl (C=O) groups excluding carboxylic acids is 1. The van der Waals surface area contributed by atoms with E-state index in [2.05, 4.69) is 10.6 Å². The molecule has 0 bridgehead atoms. The predicted octanol–water partition coefficient (Wildman–Crippen LogP) is 4.91. The summed E-state index contributed by atoms with van der Waals surface area (Å²) in [6.45, 7) is 1.84. The van der Waals surface area contributed by atoms with Crippen LogP contribution in [-0.2, 0) is 4.79 Å². The second kappa shape index (κ2) is 10.8. The molecule has 2 heterocycles. The fourth-order valence-electron chi connectivity index (χ4n) is 4.58. The van der Waals surface area contributed by atoms with Crippen molar-refractivity contribution < 1.29 is 23.7 Å². The van der Waals surface area contributed by atoms with Crippen LogP contribution in [0.4, 0.5) is 11.6 Å². The average Bonchev–Trinajstić information content (AvgIpc) is 3.39. The van der Waals surface area contributed by atoms with Crippen LogP contribution in [0, 0.1) is 0 Å². The summed E-state index contributed by atoms with van der Waals surface area (Å²) in [4.78, 5) is 18.6. The van der Waals surface area contributed by atoms with Crippen LogP contribution in [0.2, 0.25) is 0 Å². The molecule has 0 saturated heterocycles. The first-order chi connectivity index (χ1) is 19.0. The monoisotopic (exact) mass is 527 g/mol. The van der Waals surface area contributed by atoms with Crippen molar-refractivity contribution in [3.63, 3.8) is 0 Å². The molecular weight excluding hydrogens is 498 g/mol. The number of hydrogen-bond acceptors (Lipinski definition) is 8. The summed E-state index contributed by atoms with van der Waals surface area (Å²) in [5.41, 5.74) is 3.20. The standard InChI is InChI=1S/C29H29N5O5/c1-17-25(28(35)31-19-9-7-6-8-10-19)26(21-15-23(38-4)24(39-5)16-22(21)37-3)34-29(30-17)32-27(33-34)18-11-13-20(36-2)14-12-18/h6-16,26H,1-5H3,(H,31,35)(H,30,32,33). The molecule has 1 aliphatic heterocycles. The van der Waals surface area contributed by atoms with Crippen LogP contribution in [0.15, 0.2) is 78.0 Å². The van der Waals surface area contributed by atoms with Gasteiger partial charge in [-0.25, -0.2) is 4.68 Å². The van der Waals surface area contributed by atoms with E-state index in [-0.39, 0.29) is 5.91 Å². The summed E-state index contributed by atoms with van der Waals surface area (Å²) in [7, 11) is 6.30. The summed E-state index contributed by atoms with van der Waals surface area (Å²) >= 11 is 0. The highest BCUT2D eigenvalue weighted by Gasteiger charge is 2.37. The van der Waals surface area contributed by atoms with Crippen molar-refractivity contribution >= 4 is 17.5 Å². The third kappa shape index (κ3) is 4.84. The van der Waals surface area contributed by atoms with Crippen molar-refractivity contribution in [3.05, 3.63) is 83.6 Å². The number of ether oxygens (including phenoxy) is 4. The Bertz CT molecular complexity index is 1530. The fraction of sp³-hybridized carbons (Fsp3) is 0.207. The molecule has 1 atom stereocenters. The normalized spacial score (nSPS) is 14.2. The first-order valence-electron chi connectivity index (χ1n) is 12.2. The third-order valence-corrected chi connectivity index (χ3v) is 6.51. The number of aromatic nitrogens is 3. The molecule has 1 amide bonds. The number of hydrogen-bond donors (Lipinski definition) is 2. The first-order valence-corrected chi connectivity index (χ1v) is 12.2. The summed E-state index contributed by atoms with van der Waals surface area (Å²) in [5.74, 6) is 2.90. The second-order valence-corrected chi connectivity index (χ2v) is 8.77. The van der Waals surface area contributed by atoms with E-state index >= 15 is 0 Å². The van der Waals surface area contributed by atoms with E-state index in [4.69, 9.17) is 29.0 Å². The number of nitrogens with zero attached hydrogens (tertiary/aromatic N) is 3. The maximum atomic E-state index is 13.8. The number of benzene rings is 3. The van der Waals surface area contributed by atoms with Gasteiger partial charge in [0.05, 0.1) is 34.0 Å². The molecule has 0 fully saturated rings. The van der Waals surface area contributed by atoms with Gasteiger partial charge in [-0.05, 0) is 49.4 Å². The number of allylic oxidation sites excluding steroid dienone is 1. The largest absolute Gasteiger partial charge is 0.497 e. The molecule has 1 aromatic heterocycles. The third-order valence-electron chi connectivity index (χ3n) is 6.51. The topological polar surface area (TPSA) is 109 Å². The summed E-state index contributed by atoms with van der Waals surface area (Å²) in [6, 6.07) is 19.6. The zero-order chi connectivity index (χ0) is 27.5. The van der Waals surface area contributed by atoms with Crippen LogP contribution in [0.3, 0.4) is 0 Å². The highest BCUT2D eigenvalue weighted by molar-refractivity contribution is 6.06. The Morgan fingerprint density at radius 2 is 1.54 bits per heavy atom. The first kappa shape index (κ1) is 25.7. The molecule has 10 nitrogen and oxygen atoms in total. The molecule has 0 radical (unpaired) electrons. The zero-order valence-corrected chi connectivity index (χ0v) is 22.3. The van der Waals surface area contributed by atoms with Gasteiger partial charge in [-0.3, -0.25) is 4.79 Å². The smallest absolute Gasteiger partial charge is 0.255 e. The molecule has 0 saturated carbocycles. The Hall–Kier alpha value is -4.99. The number of methoxy groups -OCH3 is 4. The number of rotatable bonds is 8. The molecule has 39 heavy (non-hydrogen) atoms. The number of carbonyl (C=O) groups is 1. The van der Waals surface area contributed by atoms with Gasteiger partial charge in [0.15, 0.2) is 17.3 Å². The Morgan fingerprint density at radius 1 is 0.872 bits per heavy atom. The van der Waals surface area contributed by atoms with Crippen LogP contribution >= 0.6 is 0 Å². The maximum Gasteiger partial charge on any atom is 0.255 e. The molecule has 0 aliphatic carbocycles. The maximum absolute atomic E-state index is 13.8. The van der Waals surface area contributed by atoms with Crippen molar-refractivity contribution in [1.29, 1.82) is 0 Å². The van der Waals surface area contributed by atoms with Crippen LogP contribution < -0.4 is 29.6 Å². The minimum Gasteiger partial charge on any atom is -0.497 e. The molecule has 2 N–H and O–H groups in total. The van der Waals surface area contributed by atoms with Gasteiger partial charge in [0.25, 0.3) is 5.91 Å². The van der Waals surface area contributed by atoms with Crippen LogP contribution in [0.5, 0.6) is 23.0 Å².